The monoisotopic (exact) mass is 245 g/mol. The van der Waals surface area contributed by atoms with E-state index in [2.05, 4.69) is 47.3 Å². The molecule has 1 N–H and O–H groups in total. The quantitative estimate of drug-likeness (QED) is 0.842. The van der Waals surface area contributed by atoms with E-state index in [0.29, 0.717) is 5.95 Å². The Kier molecular flexibility index (Phi) is 3.64. The van der Waals surface area contributed by atoms with Gasteiger partial charge in [-0.15, -0.1) is 0 Å². The van der Waals surface area contributed by atoms with Crippen LogP contribution in [0.4, 0.5) is 5.95 Å². The third kappa shape index (κ3) is 2.97. The lowest BCUT2D eigenvalue weighted by Crippen LogP contribution is -1.96. The Morgan fingerprint density at radius 1 is 1.18 bits per heavy atom. The summed E-state index contributed by atoms with van der Waals surface area (Å²) in [5.41, 5.74) is 2.56. The van der Waals surface area contributed by atoms with Crippen LogP contribution >= 0.6 is 11.8 Å². The van der Waals surface area contributed by atoms with Crippen molar-refractivity contribution in [1.82, 2.24) is 9.97 Å². The number of benzene rings is 1. The molecule has 0 spiro atoms. The zero-order valence-corrected chi connectivity index (χ0v) is 11.0. The normalized spacial score (nSPS) is 10.3. The molecule has 3 nitrogen and oxygen atoms in total. The summed E-state index contributed by atoms with van der Waals surface area (Å²) in [5.74, 6) is 0.653. The summed E-state index contributed by atoms with van der Waals surface area (Å²) in [6.45, 7) is 4.22. The van der Waals surface area contributed by atoms with Crippen molar-refractivity contribution >= 4 is 17.7 Å². The minimum absolute atomic E-state index is 0.653. The Balaban J connectivity index is 2.25. The van der Waals surface area contributed by atoms with Gasteiger partial charge in [0.25, 0.3) is 0 Å². The van der Waals surface area contributed by atoms with E-state index in [1.807, 2.05) is 13.1 Å². The first-order valence-corrected chi connectivity index (χ1v) is 6.26. The average Bonchev–Trinajstić information content (AvgIpc) is 2.33. The van der Waals surface area contributed by atoms with Gasteiger partial charge in [-0.05, 0) is 31.5 Å². The Labute approximate surface area is 106 Å². The summed E-state index contributed by atoms with van der Waals surface area (Å²) in [5, 5.41) is 3.90. The fraction of sp³-hybridized carbons (Fsp3) is 0.231. The van der Waals surface area contributed by atoms with Crippen LogP contribution in [0.15, 0.2) is 40.4 Å². The molecular formula is C13H15N3S. The van der Waals surface area contributed by atoms with E-state index in [4.69, 9.17) is 0 Å². The first-order valence-electron chi connectivity index (χ1n) is 5.45. The smallest absolute Gasteiger partial charge is 0.223 e. The zero-order chi connectivity index (χ0) is 12.3. The maximum Gasteiger partial charge on any atom is 0.223 e. The van der Waals surface area contributed by atoms with E-state index in [0.717, 1.165) is 5.03 Å². The van der Waals surface area contributed by atoms with Gasteiger partial charge < -0.3 is 5.32 Å². The van der Waals surface area contributed by atoms with Crippen LogP contribution in [-0.4, -0.2) is 17.0 Å². The van der Waals surface area contributed by atoms with Gasteiger partial charge in [0.05, 0.1) is 0 Å². The fourth-order valence-corrected chi connectivity index (χ4v) is 2.39. The van der Waals surface area contributed by atoms with Gasteiger partial charge in [0.1, 0.15) is 5.03 Å². The largest absolute Gasteiger partial charge is 0.357 e. The molecule has 88 valence electrons. The van der Waals surface area contributed by atoms with Gasteiger partial charge >= 0.3 is 0 Å². The van der Waals surface area contributed by atoms with Crippen LogP contribution in [0.25, 0.3) is 0 Å². The summed E-state index contributed by atoms with van der Waals surface area (Å²) in [6.07, 6.45) is 1.77. The molecular weight excluding hydrogens is 230 g/mol. The highest BCUT2D eigenvalue weighted by Gasteiger charge is 2.03. The van der Waals surface area contributed by atoms with Gasteiger partial charge in [-0.1, -0.05) is 29.5 Å². The molecule has 0 unspecified atom stereocenters. The number of nitrogens with zero attached hydrogens (tertiary/aromatic N) is 2. The molecule has 1 aromatic carbocycles. The average molecular weight is 245 g/mol. The van der Waals surface area contributed by atoms with E-state index in [1.54, 1.807) is 18.0 Å². The molecule has 2 rings (SSSR count). The SMILES string of the molecule is CNc1nccc(Sc2ccc(C)cc2C)n1. The lowest BCUT2D eigenvalue weighted by Gasteiger charge is -2.06. The third-order valence-corrected chi connectivity index (χ3v) is 3.51. The van der Waals surface area contributed by atoms with Crippen molar-refractivity contribution in [1.29, 1.82) is 0 Å². The van der Waals surface area contributed by atoms with Gasteiger partial charge in [0.2, 0.25) is 5.95 Å². The summed E-state index contributed by atoms with van der Waals surface area (Å²) < 4.78 is 0. The summed E-state index contributed by atoms with van der Waals surface area (Å²) in [4.78, 5) is 9.72. The van der Waals surface area contributed by atoms with Crippen LogP contribution in [0.2, 0.25) is 0 Å². The predicted octanol–water partition coefficient (Wildman–Crippen LogP) is 3.29. The highest BCUT2D eigenvalue weighted by Crippen LogP contribution is 2.29. The molecule has 17 heavy (non-hydrogen) atoms. The van der Waals surface area contributed by atoms with Crippen molar-refractivity contribution in [3.8, 4) is 0 Å². The molecule has 0 aliphatic carbocycles. The minimum Gasteiger partial charge on any atom is -0.357 e. The number of rotatable bonds is 3. The number of anilines is 1. The van der Waals surface area contributed by atoms with Crippen LogP contribution in [-0.2, 0) is 0 Å². The Bertz CT molecular complexity index is 526. The van der Waals surface area contributed by atoms with Gasteiger partial charge in [0, 0.05) is 18.1 Å². The van der Waals surface area contributed by atoms with E-state index in [9.17, 15) is 0 Å². The zero-order valence-electron chi connectivity index (χ0n) is 10.2. The van der Waals surface area contributed by atoms with Gasteiger partial charge in [-0.2, -0.15) is 0 Å². The van der Waals surface area contributed by atoms with Crippen LogP contribution in [0, 0.1) is 13.8 Å². The first-order chi connectivity index (χ1) is 8.19. The number of aryl methyl sites for hydroxylation is 2. The topological polar surface area (TPSA) is 37.8 Å². The second-order valence-electron chi connectivity index (χ2n) is 3.84. The molecule has 1 heterocycles. The molecule has 0 amide bonds. The van der Waals surface area contributed by atoms with Gasteiger partial charge in [-0.3, -0.25) is 0 Å². The van der Waals surface area contributed by atoms with Crippen molar-refractivity contribution in [2.45, 2.75) is 23.8 Å². The lowest BCUT2D eigenvalue weighted by molar-refractivity contribution is 1.04. The predicted molar refractivity (Wildman–Crippen MR) is 71.6 cm³/mol. The molecule has 0 bridgehead atoms. The fourth-order valence-electron chi connectivity index (χ4n) is 1.55. The second kappa shape index (κ2) is 5.19. The summed E-state index contributed by atoms with van der Waals surface area (Å²) in [6, 6.07) is 8.36. The number of aromatic nitrogens is 2. The van der Waals surface area contributed by atoms with E-state index in [-0.39, 0.29) is 0 Å². The first kappa shape index (κ1) is 11.9. The van der Waals surface area contributed by atoms with E-state index >= 15 is 0 Å². The van der Waals surface area contributed by atoms with E-state index < -0.39 is 0 Å². The molecule has 0 fully saturated rings. The van der Waals surface area contributed by atoms with Crippen molar-refractivity contribution in [3.05, 3.63) is 41.6 Å². The Hall–Kier alpha value is -1.55. The molecule has 2 aromatic rings. The maximum absolute atomic E-state index is 4.39. The van der Waals surface area contributed by atoms with Crippen LogP contribution in [0.3, 0.4) is 0 Å². The van der Waals surface area contributed by atoms with Crippen molar-refractivity contribution in [3.63, 3.8) is 0 Å². The van der Waals surface area contributed by atoms with Gasteiger partial charge in [-0.25, -0.2) is 9.97 Å². The standard InChI is InChI=1S/C13H15N3S/c1-9-4-5-11(10(2)8-9)17-12-6-7-15-13(14-3)16-12/h4-8H,1-3H3,(H,14,15,16). The molecule has 1 aromatic heterocycles. The second-order valence-corrected chi connectivity index (χ2v) is 4.90. The maximum atomic E-state index is 4.39. The number of hydrogen-bond donors (Lipinski definition) is 1. The highest BCUT2D eigenvalue weighted by molar-refractivity contribution is 7.99. The molecule has 0 aliphatic rings. The van der Waals surface area contributed by atoms with Crippen LogP contribution < -0.4 is 5.32 Å². The molecule has 0 aliphatic heterocycles. The molecule has 0 atom stereocenters. The molecule has 0 saturated heterocycles. The van der Waals surface area contributed by atoms with Crippen LogP contribution in [0.5, 0.6) is 0 Å². The van der Waals surface area contributed by atoms with Crippen molar-refractivity contribution < 1.29 is 0 Å². The summed E-state index contributed by atoms with van der Waals surface area (Å²) in [7, 11) is 1.82. The van der Waals surface area contributed by atoms with Crippen LogP contribution in [0.1, 0.15) is 11.1 Å². The van der Waals surface area contributed by atoms with Crippen molar-refractivity contribution in [2.75, 3.05) is 12.4 Å². The highest BCUT2D eigenvalue weighted by atomic mass is 32.2. The summed E-state index contributed by atoms with van der Waals surface area (Å²) >= 11 is 1.66. The molecule has 0 radical (unpaired) electrons. The minimum atomic E-state index is 0.653. The van der Waals surface area contributed by atoms with E-state index in [1.165, 1.54) is 16.0 Å². The Morgan fingerprint density at radius 2 is 2.00 bits per heavy atom. The van der Waals surface area contributed by atoms with Crippen molar-refractivity contribution in [2.24, 2.45) is 0 Å². The van der Waals surface area contributed by atoms with Gasteiger partial charge in [0.15, 0.2) is 0 Å². The molecule has 4 heteroatoms. The lowest BCUT2D eigenvalue weighted by atomic mass is 10.2. The third-order valence-electron chi connectivity index (χ3n) is 2.40. The number of nitrogens with one attached hydrogen (secondary N) is 1. The number of hydrogen-bond acceptors (Lipinski definition) is 4. The molecule has 0 saturated carbocycles. The Morgan fingerprint density at radius 3 is 2.71 bits per heavy atom.